The molecule has 0 aliphatic heterocycles. The highest BCUT2D eigenvalue weighted by Gasteiger charge is 2.63. The Morgan fingerprint density at radius 1 is 1.33 bits per heavy atom. The van der Waals surface area contributed by atoms with Crippen molar-refractivity contribution in [2.24, 2.45) is 11.3 Å². The Kier molecular flexibility index (Phi) is 5.40. The monoisotopic (exact) mass is 395 g/mol. The Morgan fingerprint density at radius 3 is 2.56 bits per heavy atom. The molecule has 3 N–H and O–H groups in total. The molecule has 2 amide bonds. The number of sulfonamides is 1. The molecule has 3 atom stereocenters. The van der Waals surface area contributed by atoms with Gasteiger partial charge in [0.1, 0.15) is 0 Å². The van der Waals surface area contributed by atoms with E-state index in [1.54, 1.807) is 39.2 Å². The molecule has 2 saturated carbocycles. The average Bonchev–Trinajstić information content (AvgIpc) is 2.57. The van der Waals surface area contributed by atoms with Crippen LogP contribution in [-0.2, 0) is 14.8 Å². The maximum atomic E-state index is 12.5. The molecule has 150 valence electrons. The molecule has 8 heteroatoms. The number of amides is 2. The van der Waals surface area contributed by atoms with E-state index >= 15 is 0 Å². The van der Waals surface area contributed by atoms with Crippen molar-refractivity contribution in [1.29, 1.82) is 0 Å². The van der Waals surface area contributed by atoms with Crippen molar-refractivity contribution in [2.75, 3.05) is 22.9 Å². The second-order valence-electron chi connectivity index (χ2n) is 7.71. The zero-order valence-electron chi connectivity index (χ0n) is 16.3. The Hall–Kier alpha value is -1.80. The quantitative estimate of drug-likeness (QED) is 0.690. The lowest BCUT2D eigenvalue weighted by Crippen LogP contribution is -2.73. The van der Waals surface area contributed by atoms with Crippen LogP contribution < -0.4 is 15.4 Å². The van der Waals surface area contributed by atoms with Gasteiger partial charge in [0.25, 0.3) is 0 Å². The standard InChI is InChI=1S/C19H29N3O4S/c1-5-27(24,25)22-15-8-7-14(11-12(15)2)20-18(23)21-16-13(3)17(26-4)19(16)9-6-10-19/h7-8,11,13,16-17,22H,5-6,9-10H2,1-4H3,(H2,20,21,23). The molecule has 3 unspecified atom stereocenters. The number of urea groups is 1. The van der Waals surface area contributed by atoms with Crippen LogP contribution in [-0.4, -0.2) is 39.5 Å². The topological polar surface area (TPSA) is 96.5 Å². The first-order chi connectivity index (χ1) is 12.7. The van der Waals surface area contributed by atoms with E-state index in [-0.39, 0.29) is 35.3 Å². The summed E-state index contributed by atoms with van der Waals surface area (Å²) in [7, 11) is -1.58. The van der Waals surface area contributed by atoms with E-state index in [0.717, 1.165) is 18.4 Å². The second kappa shape index (κ2) is 7.31. The van der Waals surface area contributed by atoms with E-state index in [0.29, 0.717) is 11.4 Å². The lowest BCUT2D eigenvalue weighted by atomic mass is 9.46. The first kappa shape index (κ1) is 19.9. The van der Waals surface area contributed by atoms with E-state index in [4.69, 9.17) is 4.74 Å². The Bertz CT molecular complexity index is 820. The smallest absolute Gasteiger partial charge is 0.319 e. The zero-order chi connectivity index (χ0) is 19.8. The molecule has 0 aromatic heterocycles. The molecule has 0 bridgehead atoms. The number of hydrogen-bond acceptors (Lipinski definition) is 4. The first-order valence-electron chi connectivity index (χ1n) is 9.44. The minimum Gasteiger partial charge on any atom is -0.380 e. The van der Waals surface area contributed by atoms with Crippen LogP contribution in [0.25, 0.3) is 0 Å². The molecule has 0 radical (unpaired) electrons. The summed E-state index contributed by atoms with van der Waals surface area (Å²) in [5.74, 6) is 0.298. The number of benzene rings is 1. The molecule has 3 rings (SSSR count). The highest BCUT2D eigenvalue weighted by atomic mass is 32.2. The number of aryl methyl sites for hydroxylation is 1. The van der Waals surface area contributed by atoms with Crippen LogP contribution in [0.3, 0.4) is 0 Å². The molecule has 2 fully saturated rings. The van der Waals surface area contributed by atoms with Gasteiger partial charge in [-0.1, -0.05) is 13.3 Å². The molecular formula is C19H29N3O4S. The van der Waals surface area contributed by atoms with E-state index in [9.17, 15) is 13.2 Å². The SMILES string of the molecule is CCS(=O)(=O)Nc1ccc(NC(=O)NC2C(C)C(OC)C23CCC3)cc1C. The van der Waals surface area contributed by atoms with Gasteiger partial charge in [-0.2, -0.15) is 0 Å². The van der Waals surface area contributed by atoms with E-state index in [1.165, 1.54) is 6.42 Å². The number of carbonyl (C=O) groups excluding carboxylic acids is 1. The Morgan fingerprint density at radius 2 is 2.04 bits per heavy atom. The minimum absolute atomic E-state index is 0.0125. The van der Waals surface area contributed by atoms with Crippen molar-refractivity contribution >= 4 is 27.4 Å². The zero-order valence-corrected chi connectivity index (χ0v) is 17.2. The van der Waals surface area contributed by atoms with Crippen LogP contribution in [0.2, 0.25) is 0 Å². The summed E-state index contributed by atoms with van der Waals surface area (Å²) < 4.78 is 31.6. The van der Waals surface area contributed by atoms with Crippen LogP contribution in [0.5, 0.6) is 0 Å². The molecule has 7 nitrogen and oxygen atoms in total. The molecule has 2 aliphatic carbocycles. The third-order valence-electron chi connectivity index (χ3n) is 6.14. The van der Waals surface area contributed by atoms with Gasteiger partial charge >= 0.3 is 6.03 Å². The summed E-state index contributed by atoms with van der Waals surface area (Å²) in [5.41, 5.74) is 1.98. The van der Waals surface area contributed by atoms with Gasteiger partial charge in [0, 0.05) is 30.2 Å². The maximum absolute atomic E-state index is 12.5. The van der Waals surface area contributed by atoms with Gasteiger partial charge in [0.2, 0.25) is 10.0 Å². The summed E-state index contributed by atoms with van der Waals surface area (Å²) in [6.45, 7) is 5.50. The van der Waals surface area contributed by atoms with Gasteiger partial charge in [-0.05, 0) is 50.5 Å². The number of carbonyl (C=O) groups is 1. The summed E-state index contributed by atoms with van der Waals surface area (Å²) in [6, 6.07) is 5.00. The fourth-order valence-electron chi connectivity index (χ4n) is 4.59. The maximum Gasteiger partial charge on any atom is 0.319 e. The lowest BCUT2D eigenvalue weighted by Gasteiger charge is -2.64. The minimum atomic E-state index is -3.33. The molecule has 0 saturated heterocycles. The molecule has 2 aliphatic rings. The average molecular weight is 396 g/mol. The normalized spacial score (nSPS) is 26.0. The van der Waals surface area contributed by atoms with Crippen LogP contribution in [0.1, 0.15) is 38.7 Å². The molecule has 1 aromatic rings. The highest BCUT2D eigenvalue weighted by molar-refractivity contribution is 7.92. The number of nitrogens with one attached hydrogen (secondary N) is 3. The van der Waals surface area contributed by atoms with Crippen LogP contribution in [0.4, 0.5) is 16.2 Å². The van der Waals surface area contributed by atoms with Crippen molar-refractivity contribution in [1.82, 2.24) is 5.32 Å². The highest BCUT2D eigenvalue weighted by Crippen LogP contribution is 2.59. The summed E-state index contributed by atoms with van der Waals surface area (Å²) >= 11 is 0. The van der Waals surface area contributed by atoms with E-state index in [1.807, 2.05) is 0 Å². The molecule has 0 heterocycles. The molecule has 27 heavy (non-hydrogen) atoms. The Balaban J connectivity index is 1.62. The largest absolute Gasteiger partial charge is 0.380 e. The van der Waals surface area contributed by atoms with Crippen molar-refractivity contribution < 1.29 is 17.9 Å². The molecule has 1 spiro atoms. The van der Waals surface area contributed by atoms with Gasteiger partial charge in [-0.3, -0.25) is 4.72 Å². The summed E-state index contributed by atoms with van der Waals surface area (Å²) in [5, 5.41) is 5.97. The first-order valence-corrected chi connectivity index (χ1v) is 11.1. The number of ether oxygens (including phenoxy) is 1. The second-order valence-corrected chi connectivity index (χ2v) is 9.72. The van der Waals surface area contributed by atoms with Crippen molar-refractivity contribution in [2.45, 2.75) is 52.2 Å². The fraction of sp³-hybridized carbons (Fsp3) is 0.632. The number of methoxy groups -OCH3 is 1. The number of rotatable bonds is 6. The predicted octanol–water partition coefficient (Wildman–Crippen LogP) is 3.08. The predicted molar refractivity (Wildman–Crippen MR) is 106 cm³/mol. The third-order valence-corrected chi connectivity index (χ3v) is 7.44. The van der Waals surface area contributed by atoms with Crippen molar-refractivity contribution in [3.05, 3.63) is 23.8 Å². The number of hydrogen-bond donors (Lipinski definition) is 3. The van der Waals surface area contributed by atoms with Crippen molar-refractivity contribution in [3.8, 4) is 0 Å². The molecule has 1 aromatic carbocycles. The third kappa shape index (κ3) is 3.65. The van der Waals surface area contributed by atoms with Crippen LogP contribution in [0.15, 0.2) is 18.2 Å². The van der Waals surface area contributed by atoms with Gasteiger partial charge in [-0.25, -0.2) is 13.2 Å². The van der Waals surface area contributed by atoms with Gasteiger partial charge in [0.15, 0.2) is 0 Å². The lowest BCUT2D eigenvalue weighted by molar-refractivity contribution is -0.197. The summed E-state index contributed by atoms with van der Waals surface area (Å²) in [4.78, 5) is 12.5. The van der Waals surface area contributed by atoms with Crippen LogP contribution in [0, 0.1) is 18.3 Å². The van der Waals surface area contributed by atoms with Crippen LogP contribution >= 0.6 is 0 Å². The van der Waals surface area contributed by atoms with Gasteiger partial charge in [-0.15, -0.1) is 0 Å². The van der Waals surface area contributed by atoms with Crippen molar-refractivity contribution in [3.63, 3.8) is 0 Å². The van der Waals surface area contributed by atoms with Gasteiger partial charge < -0.3 is 15.4 Å². The Labute approximate surface area is 161 Å². The molecular weight excluding hydrogens is 366 g/mol. The van der Waals surface area contributed by atoms with E-state index < -0.39 is 10.0 Å². The number of anilines is 2. The fourth-order valence-corrected chi connectivity index (χ4v) is 5.30. The van der Waals surface area contributed by atoms with Gasteiger partial charge in [0.05, 0.1) is 17.5 Å². The summed E-state index contributed by atoms with van der Waals surface area (Å²) in [6.07, 6.45) is 3.57. The van der Waals surface area contributed by atoms with E-state index in [2.05, 4.69) is 22.3 Å².